The molecule has 0 fully saturated rings. The van der Waals surface area contributed by atoms with Crippen molar-refractivity contribution in [3.05, 3.63) is 46.5 Å². The summed E-state index contributed by atoms with van der Waals surface area (Å²) in [5.41, 5.74) is 2.32. The van der Waals surface area contributed by atoms with Crippen LogP contribution in [0.15, 0.2) is 24.3 Å². The van der Waals surface area contributed by atoms with Crippen LogP contribution in [0.1, 0.15) is 39.9 Å². The zero-order valence-electron chi connectivity index (χ0n) is 15.9. The molecule has 28 heavy (non-hydrogen) atoms. The van der Waals surface area contributed by atoms with E-state index < -0.39 is 11.9 Å². The highest BCUT2D eigenvalue weighted by Crippen LogP contribution is 2.44. The average molecular weight is 384 g/mol. The fourth-order valence-corrected chi connectivity index (χ4v) is 3.71. The summed E-state index contributed by atoms with van der Waals surface area (Å²) in [5.74, 6) is 0.634. The van der Waals surface area contributed by atoms with E-state index in [1.165, 1.54) is 14.2 Å². The smallest absolute Gasteiger partial charge is 0.317 e. The number of benzene rings is 2. The van der Waals surface area contributed by atoms with Gasteiger partial charge < -0.3 is 23.7 Å². The maximum absolute atomic E-state index is 13.0. The molecule has 7 heteroatoms. The maximum atomic E-state index is 13.0. The van der Waals surface area contributed by atoms with Gasteiger partial charge in [0.05, 0.1) is 20.8 Å². The van der Waals surface area contributed by atoms with Crippen LogP contribution in [0.2, 0.25) is 0 Å². The first-order chi connectivity index (χ1) is 13.6. The normalized spacial score (nSPS) is 16.7. The van der Waals surface area contributed by atoms with Crippen molar-refractivity contribution in [3.63, 3.8) is 0 Å². The van der Waals surface area contributed by atoms with Crippen LogP contribution in [0.5, 0.6) is 23.0 Å². The van der Waals surface area contributed by atoms with Crippen molar-refractivity contribution >= 4 is 11.8 Å². The van der Waals surface area contributed by atoms with Gasteiger partial charge >= 0.3 is 5.97 Å². The Morgan fingerprint density at radius 2 is 1.71 bits per heavy atom. The molecule has 0 bridgehead atoms. The number of hydrogen-bond donors (Lipinski definition) is 0. The van der Waals surface area contributed by atoms with Gasteiger partial charge in [-0.15, -0.1) is 0 Å². The number of methoxy groups -OCH3 is 2. The van der Waals surface area contributed by atoms with Crippen LogP contribution in [0.4, 0.5) is 0 Å². The quantitative estimate of drug-likeness (QED) is 0.750. The minimum absolute atomic E-state index is 0.0814. The van der Waals surface area contributed by atoms with E-state index in [1.54, 1.807) is 31.2 Å². The predicted molar refractivity (Wildman–Crippen MR) is 98.6 cm³/mol. The first kappa shape index (κ1) is 18.2. The van der Waals surface area contributed by atoms with Crippen LogP contribution in [0, 0.1) is 0 Å². The standard InChI is InChI=1S/C21H20O7/c1-4-26-21(23)20-12-7-17(25-3)16(24-2)6-11(12)5-15(22)13-8-18-19(9-14(13)20)28-10-27-18/h6-9,20H,4-5,10H2,1-3H3. The SMILES string of the molecule is CCOC(=O)C1c2cc(OC)c(OC)cc2CC(=O)c2cc3c(cc21)OCO3. The molecular weight excluding hydrogens is 364 g/mol. The van der Waals surface area contributed by atoms with E-state index in [9.17, 15) is 9.59 Å². The van der Waals surface area contributed by atoms with Crippen molar-refractivity contribution in [1.82, 2.24) is 0 Å². The Morgan fingerprint density at radius 3 is 2.39 bits per heavy atom. The lowest BCUT2D eigenvalue weighted by molar-refractivity contribution is -0.143. The fourth-order valence-electron chi connectivity index (χ4n) is 3.71. The molecule has 0 amide bonds. The highest BCUT2D eigenvalue weighted by atomic mass is 16.7. The van der Waals surface area contributed by atoms with Crippen molar-refractivity contribution in [2.24, 2.45) is 0 Å². The van der Waals surface area contributed by atoms with E-state index in [2.05, 4.69) is 0 Å². The number of rotatable bonds is 4. The van der Waals surface area contributed by atoms with E-state index in [-0.39, 0.29) is 25.6 Å². The number of Topliss-reactive ketones (excluding diaryl/α,β-unsaturated/α-hetero) is 1. The third-order valence-electron chi connectivity index (χ3n) is 4.99. The zero-order valence-corrected chi connectivity index (χ0v) is 15.9. The van der Waals surface area contributed by atoms with Crippen LogP contribution < -0.4 is 18.9 Å². The Bertz CT molecular complexity index is 964. The van der Waals surface area contributed by atoms with Crippen molar-refractivity contribution in [2.45, 2.75) is 19.3 Å². The molecule has 1 aliphatic carbocycles. The number of ketones is 1. The van der Waals surface area contributed by atoms with Gasteiger partial charge in [-0.1, -0.05) is 0 Å². The van der Waals surface area contributed by atoms with Crippen molar-refractivity contribution in [3.8, 4) is 23.0 Å². The molecule has 0 saturated carbocycles. The molecule has 0 saturated heterocycles. The summed E-state index contributed by atoms with van der Waals surface area (Å²) < 4.78 is 27.0. The van der Waals surface area contributed by atoms with Crippen molar-refractivity contribution in [1.29, 1.82) is 0 Å². The zero-order chi connectivity index (χ0) is 19.8. The number of fused-ring (bicyclic) bond motifs is 3. The topological polar surface area (TPSA) is 80.3 Å². The van der Waals surface area contributed by atoms with Gasteiger partial charge in [0.2, 0.25) is 6.79 Å². The minimum Gasteiger partial charge on any atom is -0.493 e. The van der Waals surface area contributed by atoms with Gasteiger partial charge in [0.25, 0.3) is 0 Å². The highest BCUT2D eigenvalue weighted by molar-refractivity contribution is 6.03. The Labute approximate surface area is 162 Å². The van der Waals surface area contributed by atoms with Crippen LogP contribution in [-0.4, -0.2) is 39.4 Å². The number of ether oxygens (including phenoxy) is 5. The van der Waals surface area contributed by atoms with E-state index in [0.717, 1.165) is 0 Å². The number of hydrogen-bond acceptors (Lipinski definition) is 7. The molecule has 1 atom stereocenters. The molecular formula is C21H20O7. The Hall–Kier alpha value is -3.22. The van der Waals surface area contributed by atoms with E-state index in [0.29, 0.717) is 45.3 Å². The predicted octanol–water partition coefficient (Wildman–Crippen LogP) is 2.87. The summed E-state index contributed by atoms with van der Waals surface area (Å²) in [6.45, 7) is 2.06. The third kappa shape index (κ3) is 2.83. The molecule has 2 aromatic rings. The summed E-state index contributed by atoms with van der Waals surface area (Å²) in [6.07, 6.45) is 0.123. The van der Waals surface area contributed by atoms with Gasteiger partial charge in [-0.25, -0.2) is 0 Å². The summed E-state index contributed by atoms with van der Waals surface area (Å²) in [6, 6.07) is 6.82. The summed E-state index contributed by atoms with van der Waals surface area (Å²) in [5, 5.41) is 0. The monoisotopic (exact) mass is 384 g/mol. The molecule has 2 aromatic carbocycles. The second kappa shape index (κ2) is 7.07. The largest absolute Gasteiger partial charge is 0.493 e. The molecule has 7 nitrogen and oxygen atoms in total. The summed E-state index contributed by atoms with van der Waals surface area (Å²) in [4.78, 5) is 26.0. The van der Waals surface area contributed by atoms with Gasteiger partial charge in [0, 0.05) is 12.0 Å². The lowest BCUT2D eigenvalue weighted by Gasteiger charge is -2.20. The molecule has 1 unspecified atom stereocenters. The van der Waals surface area contributed by atoms with Gasteiger partial charge in [-0.2, -0.15) is 0 Å². The average Bonchev–Trinajstić information content (AvgIpc) is 3.11. The van der Waals surface area contributed by atoms with E-state index in [4.69, 9.17) is 23.7 Å². The van der Waals surface area contributed by atoms with Crippen LogP contribution in [0.25, 0.3) is 0 Å². The number of carbonyl (C=O) groups excluding carboxylic acids is 2. The maximum Gasteiger partial charge on any atom is 0.317 e. The molecule has 4 rings (SSSR count). The van der Waals surface area contributed by atoms with Crippen molar-refractivity contribution in [2.75, 3.05) is 27.6 Å². The van der Waals surface area contributed by atoms with E-state index in [1.807, 2.05) is 0 Å². The second-order valence-electron chi connectivity index (χ2n) is 6.48. The van der Waals surface area contributed by atoms with Gasteiger partial charge in [0.1, 0.15) is 5.92 Å². The van der Waals surface area contributed by atoms with Gasteiger partial charge in [0.15, 0.2) is 28.8 Å². The van der Waals surface area contributed by atoms with Crippen LogP contribution in [0.3, 0.4) is 0 Å². The lowest BCUT2D eigenvalue weighted by atomic mass is 9.87. The molecule has 1 heterocycles. The number of carbonyl (C=O) groups is 2. The lowest BCUT2D eigenvalue weighted by Crippen LogP contribution is -2.19. The van der Waals surface area contributed by atoms with Crippen molar-refractivity contribution < 1.29 is 33.3 Å². The molecule has 1 aliphatic heterocycles. The molecule has 0 aromatic heterocycles. The van der Waals surface area contributed by atoms with Crippen LogP contribution in [-0.2, 0) is 16.0 Å². The number of esters is 1. The van der Waals surface area contributed by atoms with E-state index >= 15 is 0 Å². The summed E-state index contributed by atoms with van der Waals surface area (Å²) >= 11 is 0. The first-order valence-corrected chi connectivity index (χ1v) is 8.95. The van der Waals surface area contributed by atoms with Crippen LogP contribution >= 0.6 is 0 Å². The highest BCUT2D eigenvalue weighted by Gasteiger charge is 2.36. The Morgan fingerprint density at radius 1 is 1.04 bits per heavy atom. The third-order valence-corrected chi connectivity index (χ3v) is 4.99. The second-order valence-corrected chi connectivity index (χ2v) is 6.48. The van der Waals surface area contributed by atoms with Gasteiger partial charge in [-0.3, -0.25) is 9.59 Å². The molecule has 146 valence electrons. The first-order valence-electron chi connectivity index (χ1n) is 8.95. The molecule has 0 N–H and O–H groups in total. The fraction of sp³-hybridized carbons (Fsp3) is 0.333. The molecule has 0 radical (unpaired) electrons. The minimum atomic E-state index is -0.786. The molecule has 0 spiro atoms. The summed E-state index contributed by atoms with van der Waals surface area (Å²) in [7, 11) is 3.05. The van der Waals surface area contributed by atoms with Gasteiger partial charge in [-0.05, 0) is 47.9 Å². The molecule has 2 aliphatic rings. The Kier molecular flexibility index (Phi) is 4.58. The Balaban J connectivity index is 1.97.